The molecule has 3 rings (SSSR count). The predicted molar refractivity (Wildman–Crippen MR) is 120 cm³/mol. The van der Waals surface area contributed by atoms with Gasteiger partial charge < -0.3 is 16.4 Å². The average Bonchev–Trinajstić information content (AvgIpc) is 3.23. The summed E-state index contributed by atoms with van der Waals surface area (Å²) in [6.07, 6.45) is 0.506. The molecule has 0 atom stereocenters. The number of carbonyl (C=O) groups is 2. The minimum Gasteiger partial charge on any atom is -0.397 e. The number of nitrogen functional groups attached to an aromatic ring is 1. The fraction of sp³-hybridized carbons (Fsp3) is 0.217. The van der Waals surface area contributed by atoms with E-state index in [4.69, 9.17) is 5.73 Å². The van der Waals surface area contributed by atoms with Gasteiger partial charge in [-0.3, -0.25) is 9.59 Å². The lowest BCUT2D eigenvalue weighted by Crippen LogP contribution is -2.23. The highest BCUT2D eigenvalue weighted by Gasteiger charge is 2.10. The largest absolute Gasteiger partial charge is 0.397 e. The smallest absolute Gasteiger partial charge is 0.255 e. The SMILES string of the molecule is CC(C)CC(=O)NCc1ccc(C(=O)Nc2cc(-c3cccs3)ccc2N)cc1. The highest BCUT2D eigenvalue weighted by Crippen LogP contribution is 2.30. The van der Waals surface area contributed by atoms with Gasteiger partial charge in [-0.15, -0.1) is 11.3 Å². The van der Waals surface area contributed by atoms with Gasteiger partial charge in [-0.25, -0.2) is 0 Å². The molecule has 0 aliphatic rings. The van der Waals surface area contributed by atoms with Crippen LogP contribution in [0.4, 0.5) is 11.4 Å². The number of rotatable bonds is 7. The van der Waals surface area contributed by atoms with Crippen molar-refractivity contribution >= 4 is 34.5 Å². The Morgan fingerprint density at radius 2 is 1.83 bits per heavy atom. The molecule has 5 nitrogen and oxygen atoms in total. The molecule has 0 spiro atoms. The third-order valence-electron chi connectivity index (χ3n) is 4.41. The first-order chi connectivity index (χ1) is 13.9. The Labute approximate surface area is 175 Å². The molecule has 150 valence electrons. The summed E-state index contributed by atoms with van der Waals surface area (Å²) >= 11 is 1.63. The van der Waals surface area contributed by atoms with E-state index in [1.165, 1.54) is 0 Å². The van der Waals surface area contributed by atoms with Gasteiger partial charge in [-0.1, -0.05) is 38.1 Å². The Morgan fingerprint density at radius 1 is 1.07 bits per heavy atom. The van der Waals surface area contributed by atoms with Gasteiger partial charge in [0, 0.05) is 23.4 Å². The lowest BCUT2D eigenvalue weighted by atomic mass is 10.1. The van der Waals surface area contributed by atoms with E-state index >= 15 is 0 Å². The maximum atomic E-state index is 12.6. The summed E-state index contributed by atoms with van der Waals surface area (Å²) in [4.78, 5) is 25.5. The number of hydrogen-bond acceptors (Lipinski definition) is 4. The van der Waals surface area contributed by atoms with Crippen molar-refractivity contribution in [1.29, 1.82) is 0 Å². The summed E-state index contributed by atoms with van der Waals surface area (Å²) in [5, 5.41) is 7.79. The van der Waals surface area contributed by atoms with Gasteiger partial charge in [0.15, 0.2) is 0 Å². The molecule has 0 aliphatic carbocycles. The number of nitrogens with one attached hydrogen (secondary N) is 2. The van der Waals surface area contributed by atoms with Crippen LogP contribution in [0.25, 0.3) is 10.4 Å². The molecule has 0 fully saturated rings. The first-order valence-corrected chi connectivity index (χ1v) is 10.4. The molecule has 0 radical (unpaired) electrons. The Balaban J connectivity index is 1.64. The predicted octanol–water partition coefficient (Wildman–Crippen LogP) is 4.91. The van der Waals surface area contributed by atoms with Crippen LogP contribution < -0.4 is 16.4 Å². The molecule has 0 unspecified atom stereocenters. The van der Waals surface area contributed by atoms with Crippen LogP contribution in [-0.2, 0) is 11.3 Å². The lowest BCUT2D eigenvalue weighted by molar-refractivity contribution is -0.121. The molecule has 2 amide bonds. The van der Waals surface area contributed by atoms with Gasteiger partial charge in [-0.05, 0) is 52.8 Å². The van der Waals surface area contributed by atoms with Crippen LogP contribution in [0.5, 0.6) is 0 Å². The van der Waals surface area contributed by atoms with Crippen molar-refractivity contribution in [3.05, 3.63) is 71.1 Å². The number of amides is 2. The molecule has 2 aromatic carbocycles. The second-order valence-electron chi connectivity index (χ2n) is 7.31. The van der Waals surface area contributed by atoms with E-state index in [-0.39, 0.29) is 11.8 Å². The average molecular weight is 408 g/mol. The topological polar surface area (TPSA) is 84.2 Å². The number of thiophene rings is 1. The van der Waals surface area contributed by atoms with Gasteiger partial charge in [-0.2, -0.15) is 0 Å². The van der Waals surface area contributed by atoms with Gasteiger partial charge >= 0.3 is 0 Å². The third-order valence-corrected chi connectivity index (χ3v) is 5.33. The first-order valence-electron chi connectivity index (χ1n) is 9.53. The zero-order valence-electron chi connectivity index (χ0n) is 16.6. The fourth-order valence-corrected chi connectivity index (χ4v) is 3.60. The fourth-order valence-electron chi connectivity index (χ4n) is 2.87. The van der Waals surface area contributed by atoms with Crippen molar-refractivity contribution in [2.24, 2.45) is 5.92 Å². The van der Waals surface area contributed by atoms with Gasteiger partial charge in [0.2, 0.25) is 5.91 Å². The number of nitrogens with two attached hydrogens (primary N) is 1. The normalized spacial score (nSPS) is 10.7. The molecule has 6 heteroatoms. The molecule has 0 aliphatic heterocycles. The molecule has 1 heterocycles. The summed E-state index contributed by atoms with van der Waals surface area (Å²) in [7, 11) is 0. The van der Waals surface area contributed by atoms with Crippen molar-refractivity contribution in [1.82, 2.24) is 5.32 Å². The molecule has 0 saturated heterocycles. The van der Waals surface area contributed by atoms with Crippen molar-refractivity contribution in [2.45, 2.75) is 26.8 Å². The third kappa shape index (κ3) is 5.68. The second-order valence-corrected chi connectivity index (χ2v) is 8.25. The van der Waals surface area contributed by atoms with Gasteiger partial charge in [0.05, 0.1) is 11.4 Å². The van der Waals surface area contributed by atoms with Crippen LogP contribution in [0, 0.1) is 5.92 Å². The molecule has 0 saturated carbocycles. The standard InChI is InChI=1S/C23H25N3O2S/c1-15(2)12-22(27)25-14-16-5-7-17(8-6-16)23(28)26-20-13-18(9-10-19(20)24)21-4-3-11-29-21/h3-11,13,15H,12,14,24H2,1-2H3,(H,25,27)(H,26,28). The lowest BCUT2D eigenvalue weighted by Gasteiger charge is -2.11. The Hall–Kier alpha value is -3.12. The second kappa shape index (κ2) is 9.39. The Bertz CT molecular complexity index is 980. The van der Waals surface area contributed by atoms with E-state index in [0.29, 0.717) is 35.8 Å². The molecule has 3 aromatic rings. The highest BCUT2D eigenvalue weighted by molar-refractivity contribution is 7.13. The van der Waals surface area contributed by atoms with Crippen LogP contribution in [0.3, 0.4) is 0 Å². The van der Waals surface area contributed by atoms with E-state index in [1.54, 1.807) is 29.5 Å². The zero-order chi connectivity index (χ0) is 20.8. The summed E-state index contributed by atoms with van der Waals surface area (Å²) in [5.74, 6) is 0.130. The van der Waals surface area contributed by atoms with Crippen LogP contribution in [0.15, 0.2) is 60.0 Å². The Kier molecular flexibility index (Phi) is 6.67. The monoisotopic (exact) mass is 407 g/mol. The molecule has 29 heavy (non-hydrogen) atoms. The number of carbonyl (C=O) groups excluding carboxylic acids is 2. The number of benzene rings is 2. The number of hydrogen-bond donors (Lipinski definition) is 3. The quantitative estimate of drug-likeness (QED) is 0.487. The minimum absolute atomic E-state index is 0.0305. The van der Waals surface area contributed by atoms with E-state index in [0.717, 1.165) is 16.0 Å². The van der Waals surface area contributed by atoms with Crippen molar-refractivity contribution in [3.8, 4) is 10.4 Å². The summed E-state index contributed by atoms with van der Waals surface area (Å²) in [6.45, 7) is 4.47. The van der Waals surface area contributed by atoms with Crippen LogP contribution in [0.2, 0.25) is 0 Å². The van der Waals surface area contributed by atoms with Crippen molar-refractivity contribution < 1.29 is 9.59 Å². The molecular formula is C23H25N3O2S. The van der Waals surface area contributed by atoms with Gasteiger partial charge in [0.25, 0.3) is 5.91 Å². The van der Waals surface area contributed by atoms with Crippen molar-refractivity contribution in [2.75, 3.05) is 11.1 Å². The summed E-state index contributed by atoms with van der Waals surface area (Å²) in [5.41, 5.74) is 9.63. The van der Waals surface area contributed by atoms with E-state index in [9.17, 15) is 9.59 Å². The molecule has 4 N–H and O–H groups in total. The van der Waals surface area contributed by atoms with Crippen molar-refractivity contribution in [3.63, 3.8) is 0 Å². The molecule has 1 aromatic heterocycles. The summed E-state index contributed by atoms with van der Waals surface area (Å²) in [6, 6.07) is 16.8. The maximum absolute atomic E-state index is 12.6. The maximum Gasteiger partial charge on any atom is 0.255 e. The van der Waals surface area contributed by atoms with Gasteiger partial charge in [0.1, 0.15) is 0 Å². The van der Waals surface area contributed by atoms with E-state index < -0.39 is 0 Å². The zero-order valence-corrected chi connectivity index (χ0v) is 17.4. The van der Waals surface area contributed by atoms with Crippen LogP contribution in [0.1, 0.15) is 36.2 Å². The van der Waals surface area contributed by atoms with Crippen LogP contribution in [-0.4, -0.2) is 11.8 Å². The Morgan fingerprint density at radius 3 is 2.48 bits per heavy atom. The summed E-state index contributed by atoms with van der Waals surface area (Å²) < 4.78 is 0. The minimum atomic E-state index is -0.226. The first kappa shape index (κ1) is 20.6. The molecule has 0 bridgehead atoms. The molecular weight excluding hydrogens is 382 g/mol. The van der Waals surface area contributed by atoms with E-state index in [2.05, 4.69) is 10.6 Å². The van der Waals surface area contributed by atoms with E-state index in [1.807, 2.05) is 55.6 Å². The highest BCUT2D eigenvalue weighted by atomic mass is 32.1. The number of anilines is 2. The van der Waals surface area contributed by atoms with Crippen LogP contribution >= 0.6 is 11.3 Å².